The van der Waals surface area contributed by atoms with Crippen molar-refractivity contribution in [2.24, 2.45) is 5.73 Å². The minimum absolute atomic E-state index is 0.0531. The third-order valence-electron chi connectivity index (χ3n) is 3.60. The minimum Gasteiger partial charge on any atom is -0.353 e. The summed E-state index contributed by atoms with van der Waals surface area (Å²) in [6.45, 7) is 3.39. The molecular weight excluding hydrogens is 274 g/mol. The van der Waals surface area contributed by atoms with E-state index in [4.69, 9.17) is 5.73 Å². The molecule has 116 valence electrons. The summed E-state index contributed by atoms with van der Waals surface area (Å²) >= 11 is 1.71. The van der Waals surface area contributed by atoms with Gasteiger partial charge in [-0.3, -0.25) is 9.59 Å². The Labute approximate surface area is 126 Å². The van der Waals surface area contributed by atoms with Crippen LogP contribution >= 0.6 is 11.8 Å². The third-order valence-corrected chi connectivity index (χ3v) is 4.24. The Morgan fingerprint density at radius 2 is 2.05 bits per heavy atom. The predicted molar refractivity (Wildman–Crippen MR) is 83.6 cm³/mol. The summed E-state index contributed by atoms with van der Waals surface area (Å²) < 4.78 is 0. The lowest BCUT2D eigenvalue weighted by Crippen LogP contribution is -2.51. The van der Waals surface area contributed by atoms with Crippen molar-refractivity contribution in [3.05, 3.63) is 0 Å². The number of rotatable bonds is 7. The molecule has 0 saturated carbocycles. The summed E-state index contributed by atoms with van der Waals surface area (Å²) in [6.07, 6.45) is 5.86. The Morgan fingerprint density at radius 1 is 1.40 bits per heavy atom. The average molecular weight is 301 g/mol. The first kappa shape index (κ1) is 17.3. The molecule has 1 heterocycles. The van der Waals surface area contributed by atoms with Crippen LogP contribution in [0.25, 0.3) is 0 Å². The number of hydrogen-bond acceptors (Lipinski definition) is 4. The molecule has 5 nitrogen and oxygen atoms in total. The van der Waals surface area contributed by atoms with Gasteiger partial charge in [-0.15, -0.1) is 0 Å². The number of likely N-dealkylation sites (tertiary alicyclic amines) is 1. The van der Waals surface area contributed by atoms with Crippen LogP contribution in [0.5, 0.6) is 0 Å². The lowest BCUT2D eigenvalue weighted by Gasteiger charge is -2.33. The van der Waals surface area contributed by atoms with Gasteiger partial charge >= 0.3 is 0 Å². The summed E-state index contributed by atoms with van der Waals surface area (Å²) in [5.74, 6) is 1.09. The maximum atomic E-state index is 12.1. The van der Waals surface area contributed by atoms with E-state index >= 15 is 0 Å². The topological polar surface area (TPSA) is 75.4 Å². The fourth-order valence-electron chi connectivity index (χ4n) is 2.37. The minimum atomic E-state index is -0.381. The van der Waals surface area contributed by atoms with Crippen molar-refractivity contribution < 1.29 is 9.59 Å². The number of amides is 2. The molecule has 0 unspecified atom stereocenters. The molecule has 1 atom stereocenters. The van der Waals surface area contributed by atoms with Gasteiger partial charge in [-0.1, -0.05) is 6.92 Å². The zero-order chi connectivity index (χ0) is 15.0. The zero-order valence-corrected chi connectivity index (χ0v) is 13.4. The second-order valence-electron chi connectivity index (χ2n) is 5.31. The van der Waals surface area contributed by atoms with Crippen molar-refractivity contribution in [2.75, 3.05) is 25.1 Å². The summed E-state index contributed by atoms with van der Waals surface area (Å²) in [7, 11) is 0. The van der Waals surface area contributed by atoms with Gasteiger partial charge in [0.25, 0.3) is 0 Å². The SMILES string of the molecule is CCCC(=O)NC1CCN(C(=O)[C@@H](N)CCSC)CC1. The van der Waals surface area contributed by atoms with Gasteiger partial charge in [-0.2, -0.15) is 11.8 Å². The summed E-state index contributed by atoms with van der Waals surface area (Å²) in [5.41, 5.74) is 5.91. The molecule has 0 aliphatic carbocycles. The molecule has 1 aliphatic heterocycles. The number of nitrogens with two attached hydrogens (primary N) is 1. The molecule has 0 spiro atoms. The van der Waals surface area contributed by atoms with Crippen LogP contribution in [0.15, 0.2) is 0 Å². The van der Waals surface area contributed by atoms with E-state index in [1.54, 1.807) is 11.8 Å². The molecule has 1 fully saturated rings. The first-order valence-corrected chi connectivity index (χ1v) is 8.80. The summed E-state index contributed by atoms with van der Waals surface area (Å²) in [6, 6.07) is -0.172. The lowest BCUT2D eigenvalue weighted by atomic mass is 10.0. The van der Waals surface area contributed by atoms with E-state index in [1.165, 1.54) is 0 Å². The Kier molecular flexibility index (Phi) is 7.99. The standard InChI is InChI=1S/C14H27N3O2S/c1-3-4-13(18)16-11-5-8-17(9-6-11)14(19)12(15)7-10-20-2/h11-12H,3-10,15H2,1-2H3,(H,16,18)/t12-/m0/s1. The van der Waals surface area contributed by atoms with Crippen LogP contribution in [0.1, 0.15) is 39.0 Å². The first-order chi connectivity index (χ1) is 9.58. The number of carbonyl (C=O) groups excluding carboxylic acids is 2. The number of piperidine rings is 1. The summed E-state index contributed by atoms with van der Waals surface area (Å²) in [5, 5.41) is 3.03. The van der Waals surface area contributed by atoms with Gasteiger partial charge in [0.1, 0.15) is 0 Å². The zero-order valence-electron chi connectivity index (χ0n) is 12.6. The van der Waals surface area contributed by atoms with Crippen LogP contribution < -0.4 is 11.1 Å². The van der Waals surface area contributed by atoms with Crippen molar-refractivity contribution in [1.82, 2.24) is 10.2 Å². The van der Waals surface area contributed by atoms with E-state index in [2.05, 4.69) is 5.32 Å². The lowest BCUT2D eigenvalue weighted by molar-refractivity contribution is -0.133. The molecule has 1 saturated heterocycles. The molecule has 0 aromatic rings. The van der Waals surface area contributed by atoms with Gasteiger partial charge in [-0.05, 0) is 37.7 Å². The fourth-order valence-corrected chi connectivity index (χ4v) is 2.86. The van der Waals surface area contributed by atoms with Crippen LogP contribution in [-0.4, -0.2) is 53.9 Å². The number of thioether (sulfide) groups is 1. The molecule has 6 heteroatoms. The molecule has 2 amide bonds. The highest BCUT2D eigenvalue weighted by atomic mass is 32.2. The molecule has 0 aromatic carbocycles. The number of hydrogen-bond donors (Lipinski definition) is 2. The highest BCUT2D eigenvalue weighted by Gasteiger charge is 2.26. The molecule has 1 aliphatic rings. The highest BCUT2D eigenvalue weighted by molar-refractivity contribution is 7.98. The highest BCUT2D eigenvalue weighted by Crippen LogP contribution is 2.13. The normalized spacial score (nSPS) is 17.9. The van der Waals surface area contributed by atoms with Crippen LogP contribution in [0.3, 0.4) is 0 Å². The van der Waals surface area contributed by atoms with E-state index in [0.717, 1.165) is 31.4 Å². The average Bonchev–Trinajstić information content (AvgIpc) is 2.45. The molecule has 0 bridgehead atoms. The second-order valence-corrected chi connectivity index (χ2v) is 6.29. The molecule has 1 rings (SSSR count). The number of nitrogens with one attached hydrogen (secondary N) is 1. The largest absolute Gasteiger partial charge is 0.353 e. The molecule has 3 N–H and O–H groups in total. The van der Waals surface area contributed by atoms with Crippen LogP contribution in [0.2, 0.25) is 0 Å². The van der Waals surface area contributed by atoms with Crippen molar-refractivity contribution in [2.45, 2.75) is 51.1 Å². The van der Waals surface area contributed by atoms with Crippen molar-refractivity contribution in [3.8, 4) is 0 Å². The van der Waals surface area contributed by atoms with Gasteiger partial charge in [0.2, 0.25) is 11.8 Å². The smallest absolute Gasteiger partial charge is 0.239 e. The van der Waals surface area contributed by atoms with Crippen LogP contribution in [0.4, 0.5) is 0 Å². The van der Waals surface area contributed by atoms with Crippen LogP contribution in [-0.2, 0) is 9.59 Å². The van der Waals surface area contributed by atoms with Gasteiger partial charge in [-0.25, -0.2) is 0 Å². The number of nitrogens with zero attached hydrogens (tertiary/aromatic N) is 1. The van der Waals surface area contributed by atoms with E-state index in [1.807, 2.05) is 18.1 Å². The first-order valence-electron chi connectivity index (χ1n) is 7.41. The second kappa shape index (κ2) is 9.23. The molecule has 20 heavy (non-hydrogen) atoms. The molecule has 0 aromatic heterocycles. The monoisotopic (exact) mass is 301 g/mol. The Hall–Kier alpha value is -0.750. The van der Waals surface area contributed by atoms with E-state index < -0.39 is 0 Å². The predicted octanol–water partition coefficient (Wildman–Crippen LogP) is 0.974. The van der Waals surface area contributed by atoms with Crippen molar-refractivity contribution >= 4 is 23.6 Å². The van der Waals surface area contributed by atoms with E-state index in [9.17, 15) is 9.59 Å². The molecular formula is C14H27N3O2S. The van der Waals surface area contributed by atoms with Gasteiger partial charge in [0, 0.05) is 25.6 Å². The third kappa shape index (κ3) is 5.71. The van der Waals surface area contributed by atoms with Gasteiger partial charge < -0.3 is 16.0 Å². The van der Waals surface area contributed by atoms with Gasteiger partial charge in [0.15, 0.2) is 0 Å². The van der Waals surface area contributed by atoms with E-state index in [-0.39, 0.29) is 23.9 Å². The summed E-state index contributed by atoms with van der Waals surface area (Å²) in [4.78, 5) is 25.5. The Bertz CT molecular complexity index is 318. The van der Waals surface area contributed by atoms with Crippen molar-refractivity contribution in [3.63, 3.8) is 0 Å². The molecule has 0 radical (unpaired) electrons. The fraction of sp³-hybridized carbons (Fsp3) is 0.857. The maximum absolute atomic E-state index is 12.1. The Morgan fingerprint density at radius 3 is 2.60 bits per heavy atom. The van der Waals surface area contributed by atoms with Crippen molar-refractivity contribution in [1.29, 1.82) is 0 Å². The van der Waals surface area contributed by atoms with Gasteiger partial charge in [0.05, 0.1) is 6.04 Å². The van der Waals surface area contributed by atoms with Crippen LogP contribution in [0, 0.1) is 0 Å². The Balaban J connectivity index is 2.30. The number of carbonyl (C=O) groups is 2. The van der Waals surface area contributed by atoms with E-state index in [0.29, 0.717) is 19.5 Å². The quantitative estimate of drug-likeness (QED) is 0.735. The maximum Gasteiger partial charge on any atom is 0.239 e.